The van der Waals surface area contributed by atoms with Gasteiger partial charge in [-0.25, -0.2) is 0 Å². The first-order valence-corrected chi connectivity index (χ1v) is 6.47. The molecule has 0 amide bonds. The third kappa shape index (κ3) is 4.23. The normalized spacial score (nSPS) is 10.2. The number of nitrogen functional groups attached to an aromatic ring is 1. The number of rotatable bonds is 5. The Morgan fingerprint density at radius 2 is 1.37 bits per heavy atom. The Labute approximate surface area is 121 Å². The molecule has 0 radical (unpaired) electrons. The molecule has 2 aromatic carbocycles. The summed E-state index contributed by atoms with van der Waals surface area (Å²) < 4.78 is 11.0. The third-order valence-electron chi connectivity index (χ3n) is 2.39. The molecule has 5 heteroatoms. The Bertz CT molecular complexity index is 544. The molecule has 0 unspecified atom stereocenters. The van der Waals surface area contributed by atoms with Crippen molar-refractivity contribution in [1.29, 1.82) is 0 Å². The van der Waals surface area contributed by atoms with E-state index in [4.69, 9.17) is 38.4 Å². The van der Waals surface area contributed by atoms with Crippen molar-refractivity contribution in [1.82, 2.24) is 0 Å². The van der Waals surface area contributed by atoms with Gasteiger partial charge in [-0.3, -0.25) is 0 Å². The van der Waals surface area contributed by atoms with E-state index in [-0.39, 0.29) is 0 Å². The zero-order valence-electron chi connectivity index (χ0n) is 10.1. The van der Waals surface area contributed by atoms with Crippen molar-refractivity contribution >= 4 is 28.9 Å². The summed E-state index contributed by atoms with van der Waals surface area (Å²) in [5, 5.41) is 0.978. The molecule has 0 aliphatic rings. The second-order valence-electron chi connectivity index (χ2n) is 3.84. The van der Waals surface area contributed by atoms with E-state index in [9.17, 15) is 0 Å². The van der Waals surface area contributed by atoms with Crippen LogP contribution in [0, 0.1) is 0 Å². The minimum atomic E-state index is 0.419. The van der Waals surface area contributed by atoms with Gasteiger partial charge in [0.2, 0.25) is 0 Å². The average molecular weight is 298 g/mol. The highest BCUT2D eigenvalue weighted by Gasteiger charge is 2.00. The smallest absolute Gasteiger partial charge is 0.122 e. The molecular weight excluding hydrogens is 285 g/mol. The summed E-state index contributed by atoms with van der Waals surface area (Å²) in [6, 6.07) is 12.3. The monoisotopic (exact) mass is 297 g/mol. The molecule has 3 nitrogen and oxygen atoms in total. The molecule has 0 saturated carbocycles. The van der Waals surface area contributed by atoms with Crippen LogP contribution in [0.25, 0.3) is 0 Å². The number of hydrogen-bond acceptors (Lipinski definition) is 3. The molecule has 0 aliphatic heterocycles. The summed E-state index contributed by atoms with van der Waals surface area (Å²) >= 11 is 11.7. The highest BCUT2D eigenvalue weighted by atomic mass is 35.5. The maximum absolute atomic E-state index is 5.88. The van der Waals surface area contributed by atoms with E-state index in [1.807, 2.05) is 12.1 Å². The predicted molar refractivity (Wildman–Crippen MR) is 78.3 cm³/mol. The fraction of sp³-hybridized carbons (Fsp3) is 0.143. The lowest BCUT2D eigenvalue weighted by Crippen LogP contribution is -2.08. The van der Waals surface area contributed by atoms with E-state index in [0.29, 0.717) is 34.7 Å². The Balaban J connectivity index is 1.77. The van der Waals surface area contributed by atoms with Gasteiger partial charge in [0.25, 0.3) is 0 Å². The third-order valence-corrected chi connectivity index (χ3v) is 3.13. The van der Waals surface area contributed by atoms with Crippen LogP contribution in [0.1, 0.15) is 0 Å². The van der Waals surface area contributed by atoms with Crippen LogP contribution in [-0.2, 0) is 0 Å². The SMILES string of the molecule is Nc1ccc(OCCOc2ccc(Cl)c(Cl)c2)cc1. The van der Waals surface area contributed by atoms with Gasteiger partial charge in [0, 0.05) is 11.8 Å². The fourth-order valence-electron chi connectivity index (χ4n) is 1.45. The van der Waals surface area contributed by atoms with Gasteiger partial charge in [0.15, 0.2) is 0 Å². The lowest BCUT2D eigenvalue weighted by molar-refractivity contribution is 0.217. The maximum Gasteiger partial charge on any atom is 0.122 e. The number of anilines is 1. The van der Waals surface area contributed by atoms with Crippen LogP contribution in [0.2, 0.25) is 10.0 Å². The highest BCUT2D eigenvalue weighted by Crippen LogP contribution is 2.26. The molecule has 0 saturated heterocycles. The first-order valence-electron chi connectivity index (χ1n) is 5.71. The molecule has 2 aromatic rings. The molecule has 0 fully saturated rings. The van der Waals surface area contributed by atoms with Gasteiger partial charge in [0.1, 0.15) is 24.7 Å². The molecule has 0 spiro atoms. The fourth-order valence-corrected chi connectivity index (χ4v) is 1.74. The minimum Gasteiger partial charge on any atom is -0.490 e. The largest absolute Gasteiger partial charge is 0.490 e. The molecule has 2 rings (SSSR count). The molecule has 100 valence electrons. The van der Waals surface area contributed by atoms with E-state index < -0.39 is 0 Å². The second kappa shape index (κ2) is 6.55. The molecule has 0 atom stereocenters. The summed E-state index contributed by atoms with van der Waals surface area (Å²) in [5.41, 5.74) is 6.29. The van der Waals surface area contributed by atoms with Crippen molar-refractivity contribution in [3.63, 3.8) is 0 Å². The summed E-state index contributed by atoms with van der Waals surface area (Å²) in [4.78, 5) is 0. The number of hydrogen-bond donors (Lipinski definition) is 1. The van der Waals surface area contributed by atoms with Gasteiger partial charge >= 0.3 is 0 Å². The van der Waals surface area contributed by atoms with Crippen molar-refractivity contribution in [3.05, 3.63) is 52.5 Å². The second-order valence-corrected chi connectivity index (χ2v) is 4.66. The van der Waals surface area contributed by atoms with E-state index >= 15 is 0 Å². The van der Waals surface area contributed by atoms with Crippen LogP contribution in [0.15, 0.2) is 42.5 Å². The van der Waals surface area contributed by atoms with Gasteiger partial charge in [-0.15, -0.1) is 0 Å². The van der Waals surface area contributed by atoms with Crippen LogP contribution in [0.5, 0.6) is 11.5 Å². The number of benzene rings is 2. The van der Waals surface area contributed by atoms with Crippen LogP contribution in [-0.4, -0.2) is 13.2 Å². The number of halogens is 2. The molecule has 0 aliphatic carbocycles. The predicted octanol–water partition coefficient (Wildman–Crippen LogP) is 4.03. The number of nitrogens with two attached hydrogens (primary N) is 1. The van der Waals surface area contributed by atoms with Crippen LogP contribution >= 0.6 is 23.2 Å². The summed E-state index contributed by atoms with van der Waals surface area (Å²) in [7, 11) is 0. The van der Waals surface area contributed by atoms with Crippen LogP contribution in [0.3, 0.4) is 0 Å². The Morgan fingerprint density at radius 3 is 2.00 bits per heavy atom. The number of ether oxygens (including phenoxy) is 2. The van der Waals surface area contributed by atoms with Gasteiger partial charge < -0.3 is 15.2 Å². The van der Waals surface area contributed by atoms with Crippen molar-refractivity contribution in [2.75, 3.05) is 18.9 Å². The van der Waals surface area contributed by atoms with E-state index in [2.05, 4.69) is 0 Å². The lowest BCUT2D eigenvalue weighted by atomic mass is 10.3. The van der Waals surface area contributed by atoms with Crippen molar-refractivity contribution < 1.29 is 9.47 Å². The summed E-state index contributed by atoms with van der Waals surface area (Å²) in [5.74, 6) is 1.42. The maximum atomic E-state index is 5.88. The molecule has 19 heavy (non-hydrogen) atoms. The van der Waals surface area contributed by atoms with E-state index in [1.54, 1.807) is 30.3 Å². The van der Waals surface area contributed by atoms with E-state index in [0.717, 1.165) is 5.75 Å². The standard InChI is InChI=1S/C14H13Cl2NO2/c15-13-6-5-12(9-14(13)16)19-8-7-18-11-3-1-10(17)2-4-11/h1-6,9H,7-8,17H2. The van der Waals surface area contributed by atoms with Crippen molar-refractivity contribution in [3.8, 4) is 11.5 Å². The molecule has 0 aromatic heterocycles. The molecule has 0 bridgehead atoms. The topological polar surface area (TPSA) is 44.5 Å². The first kappa shape index (κ1) is 13.8. The van der Waals surface area contributed by atoms with Gasteiger partial charge in [-0.05, 0) is 36.4 Å². The zero-order chi connectivity index (χ0) is 13.7. The lowest BCUT2D eigenvalue weighted by Gasteiger charge is -2.09. The highest BCUT2D eigenvalue weighted by molar-refractivity contribution is 6.42. The minimum absolute atomic E-state index is 0.419. The average Bonchev–Trinajstić information content (AvgIpc) is 2.41. The van der Waals surface area contributed by atoms with Crippen LogP contribution < -0.4 is 15.2 Å². The zero-order valence-corrected chi connectivity index (χ0v) is 11.6. The molecule has 2 N–H and O–H groups in total. The van der Waals surface area contributed by atoms with Gasteiger partial charge in [0.05, 0.1) is 10.0 Å². The Kier molecular flexibility index (Phi) is 4.77. The Morgan fingerprint density at radius 1 is 0.789 bits per heavy atom. The summed E-state index contributed by atoms with van der Waals surface area (Å²) in [6.07, 6.45) is 0. The van der Waals surface area contributed by atoms with Crippen molar-refractivity contribution in [2.45, 2.75) is 0 Å². The summed E-state index contributed by atoms with van der Waals surface area (Å²) in [6.45, 7) is 0.854. The Hall–Kier alpha value is -1.58. The molecule has 0 heterocycles. The van der Waals surface area contributed by atoms with Gasteiger partial charge in [-0.2, -0.15) is 0 Å². The van der Waals surface area contributed by atoms with E-state index in [1.165, 1.54) is 0 Å². The quantitative estimate of drug-likeness (QED) is 0.669. The molecular formula is C14H13Cl2NO2. The van der Waals surface area contributed by atoms with Gasteiger partial charge in [-0.1, -0.05) is 23.2 Å². The van der Waals surface area contributed by atoms with Crippen molar-refractivity contribution in [2.24, 2.45) is 0 Å². The van der Waals surface area contributed by atoms with Crippen LogP contribution in [0.4, 0.5) is 5.69 Å². The first-order chi connectivity index (χ1) is 9.15.